The van der Waals surface area contributed by atoms with E-state index >= 15 is 0 Å². The van der Waals surface area contributed by atoms with Crippen LogP contribution in [0.15, 0.2) is 12.4 Å². The Morgan fingerprint density at radius 1 is 1.20 bits per heavy atom. The summed E-state index contributed by atoms with van der Waals surface area (Å²) in [5.41, 5.74) is 5.45. The molecule has 1 heterocycles. The van der Waals surface area contributed by atoms with E-state index in [-0.39, 0.29) is 0 Å². The molecule has 1 aliphatic rings. The number of hydrogen-bond acceptors (Lipinski definition) is 4. The molecule has 0 aromatic carbocycles. The van der Waals surface area contributed by atoms with Crippen LogP contribution in [0.3, 0.4) is 0 Å². The van der Waals surface area contributed by atoms with Crippen LogP contribution in [0.25, 0.3) is 0 Å². The standard InChI is InChI=1S/C11H17N3O/c1-8-2-4-9(5-3-8)15-11-7-13-10(12)6-14-11/h6-9H,2-5H2,1H3,(H2,12,13). The van der Waals surface area contributed by atoms with Gasteiger partial charge in [-0.25, -0.2) is 9.97 Å². The van der Waals surface area contributed by atoms with Crippen molar-refractivity contribution in [3.05, 3.63) is 12.4 Å². The lowest BCUT2D eigenvalue weighted by atomic mass is 9.89. The Morgan fingerprint density at radius 2 is 1.93 bits per heavy atom. The zero-order valence-corrected chi connectivity index (χ0v) is 9.02. The predicted octanol–water partition coefficient (Wildman–Crippen LogP) is 2.02. The van der Waals surface area contributed by atoms with Crippen molar-refractivity contribution in [2.24, 2.45) is 5.92 Å². The van der Waals surface area contributed by atoms with Crippen LogP contribution < -0.4 is 10.5 Å². The molecule has 2 N–H and O–H groups in total. The SMILES string of the molecule is CC1CCC(Oc2cnc(N)cn2)CC1. The topological polar surface area (TPSA) is 61.0 Å². The van der Waals surface area contributed by atoms with E-state index in [9.17, 15) is 0 Å². The zero-order valence-electron chi connectivity index (χ0n) is 9.02. The van der Waals surface area contributed by atoms with E-state index in [1.54, 1.807) is 6.20 Å². The van der Waals surface area contributed by atoms with Crippen LogP contribution in [0.1, 0.15) is 32.6 Å². The monoisotopic (exact) mass is 207 g/mol. The minimum atomic E-state index is 0.305. The van der Waals surface area contributed by atoms with E-state index in [4.69, 9.17) is 10.5 Å². The molecule has 1 aromatic heterocycles. The molecule has 0 spiro atoms. The maximum atomic E-state index is 5.73. The highest BCUT2D eigenvalue weighted by atomic mass is 16.5. The molecule has 0 saturated heterocycles. The van der Waals surface area contributed by atoms with Gasteiger partial charge in [-0.3, -0.25) is 0 Å². The molecule has 2 rings (SSSR count). The number of nitrogens with zero attached hydrogens (tertiary/aromatic N) is 2. The average Bonchev–Trinajstić information content (AvgIpc) is 2.25. The van der Waals surface area contributed by atoms with E-state index in [2.05, 4.69) is 16.9 Å². The quantitative estimate of drug-likeness (QED) is 0.805. The Hall–Kier alpha value is -1.32. The molecule has 0 unspecified atom stereocenters. The van der Waals surface area contributed by atoms with Crippen molar-refractivity contribution >= 4 is 5.82 Å². The van der Waals surface area contributed by atoms with Gasteiger partial charge in [-0.1, -0.05) is 6.92 Å². The van der Waals surface area contributed by atoms with Crippen LogP contribution in [-0.4, -0.2) is 16.1 Å². The summed E-state index contributed by atoms with van der Waals surface area (Å²) in [5, 5.41) is 0. The largest absolute Gasteiger partial charge is 0.473 e. The maximum Gasteiger partial charge on any atom is 0.232 e. The summed E-state index contributed by atoms with van der Waals surface area (Å²) >= 11 is 0. The lowest BCUT2D eigenvalue weighted by Crippen LogP contribution is -2.23. The Labute approximate surface area is 89.9 Å². The normalized spacial score (nSPS) is 26.2. The molecule has 1 aliphatic carbocycles. The molecular weight excluding hydrogens is 190 g/mol. The van der Waals surface area contributed by atoms with Crippen molar-refractivity contribution in [1.82, 2.24) is 9.97 Å². The number of ether oxygens (including phenoxy) is 1. The van der Waals surface area contributed by atoms with Gasteiger partial charge >= 0.3 is 0 Å². The molecule has 0 bridgehead atoms. The molecule has 0 amide bonds. The Kier molecular flexibility index (Phi) is 3.04. The fraction of sp³-hybridized carbons (Fsp3) is 0.636. The number of nitrogen functional groups attached to an aromatic ring is 1. The smallest absolute Gasteiger partial charge is 0.232 e. The molecule has 0 aliphatic heterocycles. The molecule has 0 atom stereocenters. The molecular formula is C11H17N3O. The fourth-order valence-corrected chi connectivity index (χ4v) is 1.91. The highest BCUT2D eigenvalue weighted by Gasteiger charge is 2.19. The number of nitrogens with two attached hydrogens (primary N) is 1. The second-order valence-electron chi connectivity index (χ2n) is 4.28. The van der Waals surface area contributed by atoms with Gasteiger partial charge in [0.2, 0.25) is 5.88 Å². The number of aromatic nitrogens is 2. The lowest BCUT2D eigenvalue weighted by molar-refractivity contribution is 0.129. The Bertz CT molecular complexity index is 304. The summed E-state index contributed by atoms with van der Waals surface area (Å²) in [5.74, 6) is 1.85. The van der Waals surface area contributed by atoms with E-state index in [1.165, 1.54) is 19.0 Å². The van der Waals surface area contributed by atoms with Gasteiger partial charge in [0.1, 0.15) is 11.9 Å². The van der Waals surface area contributed by atoms with Crippen LogP contribution in [0, 0.1) is 5.92 Å². The van der Waals surface area contributed by atoms with Crippen molar-refractivity contribution in [1.29, 1.82) is 0 Å². The summed E-state index contributed by atoms with van der Waals surface area (Å²) in [7, 11) is 0. The second kappa shape index (κ2) is 4.47. The number of anilines is 1. The number of rotatable bonds is 2. The Balaban J connectivity index is 1.89. The van der Waals surface area contributed by atoms with Crippen molar-refractivity contribution in [3.8, 4) is 5.88 Å². The molecule has 1 aromatic rings. The van der Waals surface area contributed by atoms with Gasteiger partial charge in [-0.2, -0.15) is 0 Å². The summed E-state index contributed by atoms with van der Waals surface area (Å²) < 4.78 is 5.73. The minimum absolute atomic E-state index is 0.305. The van der Waals surface area contributed by atoms with Gasteiger partial charge in [-0.15, -0.1) is 0 Å². The summed E-state index contributed by atoms with van der Waals surface area (Å²) in [4.78, 5) is 8.03. The lowest BCUT2D eigenvalue weighted by Gasteiger charge is -2.26. The first kappa shape index (κ1) is 10.2. The van der Waals surface area contributed by atoms with E-state index < -0.39 is 0 Å². The third-order valence-corrected chi connectivity index (χ3v) is 2.90. The molecule has 1 saturated carbocycles. The van der Waals surface area contributed by atoms with E-state index in [0.717, 1.165) is 18.8 Å². The Morgan fingerprint density at radius 3 is 2.53 bits per heavy atom. The van der Waals surface area contributed by atoms with Crippen molar-refractivity contribution in [2.75, 3.05) is 5.73 Å². The molecule has 82 valence electrons. The summed E-state index contributed by atoms with van der Waals surface area (Å²) in [6.45, 7) is 2.29. The second-order valence-corrected chi connectivity index (χ2v) is 4.28. The van der Waals surface area contributed by atoms with Crippen molar-refractivity contribution in [3.63, 3.8) is 0 Å². The molecule has 0 radical (unpaired) electrons. The van der Waals surface area contributed by atoms with Crippen LogP contribution >= 0.6 is 0 Å². The summed E-state index contributed by atoms with van der Waals surface area (Å²) in [6.07, 6.45) is 8.15. The first-order valence-electron chi connectivity index (χ1n) is 5.48. The molecule has 4 heteroatoms. The third kappa shape index (κ3) is 2.81. The highest BCUT2D eigenvalue weighted by molar-refractivity contribution is 5.24. The first-order chi connectivity index (χ1) is 7.24. The van der Waals surface area contributed by atoms with Crippen LogP contribution in [0.2, 0.25) is 0 Å². The van der Waals surface area contributed by atoms with Gasteiger partial charge in [0.05, 0.1) is 12.4 Å². The molecule has 1 fully saturated rings. The summed E-state index contributed by atoms with van der Waals surface area (Å²) in [6, 6.07) is 0. The van der Waals surface area contributed by atoms with Crippen LogP contribution in [0.5, 0.6) is 5.88 Å². The van der Waals surface area contributed by atoms with Crippen molar-refractivity contribution in [2.45, 2.75) is 38.7 Å². The predicted molar refractivity (Wildman–Crippen MR) is 58.5 cm³/mol. The van der Waals surface area contributed by atoms with E-state index in [1.807, 2.05) is 0 Å². The maximum absolute atomic E-state index is 5.73. The first-order valence-corrected chi connectivity index (χ1v) is 5.48. The minimum Gasteiger partial charge on any atom is -0.473 e. The van der Waals surface area contributed by atoms with Gasteiger partial charge < -0.3 is 10.5 Å². The molecule has 15 heavy (non-hydrogen) atoms. The van der Waals surface area contributed by atoms with Crippen molar-refractivity contribution < 1.29 is 4.74 Å². The van der Waals surface area contributed by atoms with Gasteiger partial charge in [-0.05, 0) is 31.6 Å². The fourth-order valence-electron chi connectivity index (χ4n) is 1.91. The van der Waals surface area contributed by atoms with Crippen LogP contribution in [-0.2, 0) is 0 Å². The zero-order chi connectivity index (χ0) is 10.7. The van der Waals surface area contributed by atoms with Gasteiger partial charge in [0, 0.05) is 0 Å². The van der Waals surface area contributed by atoms with E-state index in [0.29, 0.717) is 17.8 Å². The van der Waals surface area contributed by atoms with Crippen LogP contribution in [0.4, 0.5) is 5.82 Å². The number of hydrogen-bond donors (Lipinski definition) is 1. The van der Waals surface area contributed by atoms with Gasteiger partial charge in [0.15, 0.2) is 0 Å². The average molecular weight is 207 g/mol. The highest BCUT2D eigenvalue weighted by Crippen LogP contribution is 2.26. The van der Waals surface area contributed by atoms with Gasteiger partial charge in [0.25, 0.3) is 0 Å². The molecule has 4 nitrogen and oxygen atoms in total. The third-order valence-electron chi connectivity index (χ3n) is 2.90.